The van der Waals surface area contributed by atoms with Crippen molar-refractivity contribution < 1.29 is 9.53 Å². The lowest BCUT2D eigenvalue weighted by Crippen LogP contribution is -2.46. The molecule has 0 spiro atoms. The highest BCUT2D eigenvalue weighted by atomic mass is 16.5. The van der Waals surface area contributed by atoms with Gasteiger partial charge in [-0.25, -0.2) is 14.8 Å². The number of para-hydroxylation sites is 1. The van der Waals surface area contributed by atoms with Gasteiger partial charge in [0.2, 0.25) is 0 Å². The van der Waals surface area contributed by atoms with Crippen LogP contribution in [-0.4, -0.2) is 49.3 Å². The molecule has 2 amide bonds. The van der Waals surface area contributed by atoms with E-state index < -0.39 is 0 Å². The summed E-state index contributed by atoms with van der Waals surface area (Å²) in [6.45, 7) is 5.46. The van der Waals surface area contributed by atoms with Crippen LogP contribution in [0.15, 0.2) is 60.9 Å². The SMILES string of the molecule is COc1ccc(C)cc1NC(=O)Nc1cc(N2CCN(c3ccccc3)CC2)ncn1. The molecule has 0 saturated carbocycles. The van der Waals surface area contributed by atoms with Crippen molar-refractivity contribution in [1.29, 1.82) is 0 Å². The second kappa shape index (κ2) is 9.34. The Morgan fingerprint density at radius 3 is 2.42 bits per heavy atom. The van der Waals surface area contributed by atoms with E-state index in [-0.39, 0.29) is 6.03 Å². The normalized spacial score (nSPS) is 13.6. The number of aryl methyl sites for hydroxylation is 1. The van der Waals surface area contributed by atoms with Crippen LogP contribution in [0, 0.1) is 6.92 Å². The minimum absolute atomic E-state index is 0.387. The number of carbonyl (C=O) groups excluding carboxylic acids is 1. The Bertz CT molecular complexity index is 1040. The molecule has 2 aromatic carbocycles. The van der Waals surface area contributed by atoms with Crippen LogP contribution in [0.1, 0.15) is 5.56 Å². The van der Waals surface area contributed by atoms with Gasteiger partial charge in [-0.05, 0) is 36.8 Å². The molecule has 1 fully saturated rings. The lowest BCUT2D eigenvalue weighted by atomic mass is 10.2. The van der Waals surface area contributed by atoms with E-state index in [1.807, 2.05) is 31.2 Å². The molecule has 1 aromatic heterocycles. The summed E-state index contributed by atoms with van der Waals surface area (Å²) in [6, 6.07) is 17.4. The lowest BCUT2D eigenvalue weighted by Gasteiger charge is -2.36. The van der Waals surface area contributed by atoms with Crippen LogP contribution in [0.3, 0.4) is 0 Å². The second-order valence-corrected chi connectivity index (χ2v) is 7.35. The molecule has 1 aliphatic heterocycles. The van der Waals surface area contributed by atoms with Crippen LogP contribution in [0.2, 0.25) is 0 Å². The fourth-order valence-electron chi connectivity index (χ4n) is 3.61. The molecule has 31 heavy (non-hydrogen) atoms. The Kier molecular flexibility index (Phi) is 6.16. The third-order valence-corrected chi connectivity index (χ3v) is 5.22. The van der Waals surface area contributed by atoms with Gasteiger partial charge < -0.3 is 19.9 Å². The number of benzene rings is 2. The van der Waals surface area contributed by atoms with E-state index in [4.69, 9.17) is 4.74 Å². The summed E-state index contributed by atoms with van der Waals surface area (Å²) in [5.41, 5.74) is 2.86. The van der Waals surface area contributed by atoms with E-state index in [1.165, 1.54) is 12.0 Å². The van der Waals surface area contributed by atoms with Crippen molar-refractivity contribution in [3.63, 3.8) is 0 Å². The fraction of sp³-hybridized carbons (Fsp3) is 0.261. The van der Waals surface area contributed by atoms with Gasteiger partial charge in [-0.2, -0.15) is 0 Å². The average molecular weight is 419 g/mol. The first-order chi connectivity index (χ1) is 15.1. The van der Waals surface area contributed by atoms with Crippen molar-refractivity contribution >= 4 is 29.0 Å². The number of piperazine rings is 1. The van der Waals surface area contributed by atoms with Crippen molar-refractivity contribution in [2.75, 3.05) is 53.7 Å². The Balaban J connectivity index is 1.38. The Morgan fingerprint density at radius 1 is 0.935 bits per heavy atom. The van der Waals surface area contributed by atoms with Gasteiger partial charge in [-0.3, -0.25) is 5.32 Å². The van der Waals surface area contributed by atoms with Gasteiger partial charge in [-0.15, -0.1) is 0 Å². The monoisotopic (exact) mass is 418 g/mol. The molecule has 8 heteroatoms. The minimum Gasteiger partial charge on any atom is -0.495 e. The number of rotatable bonds is 5. The highest BCUT2D eigenvalue weighted by Gasteiger charge is 2.19. The zero-order valence-electron chi connectivity index (χ0n) is 17.7. The fourth-order valence-corrected chi connectivity index (χ4v) is 3.61. The molecule has 1 saturated heterocycles. The predicted molar refractivity (Wildman–Crippen MR) is 123 cm³/mol. The highest BCUT2D eigenvalue weighted by Crippen LogP contribution is 2.25. The van der Waals surface area contributed by atoms with Gasteiger partial charge in [0, 0.05) is 37.9 Å². The molecule has 1 aliphatic rings. The van der Waals surface area contributed by atoms with Crippen molar-refractivity contribution in [2.45, 2.75) is 6.92 Å². The minimum atomic E-state index is -0.387. The molecule has 3 aromatic rings. The van der Waals surface area contributed by atoms with Crippen LogP contribution < -0.4 is 25.2 Å². The Hall–Kier alpha value is -3.81. The third-order valence-electron chi connectivity index (χ3n) is 5.22. The first-order valence-corrected chi connectivity index (χ1v) is 10.2. The number of nitrogens with one attached hydrogen (secondary N) is 2. The van der Waals surface area contributed by atoms with Gasteiger partial charge >= 0.3 is 6.03 Å². The quantitative estimate of drug-likeness (QED) is 0.656. The number of hydrogen-bond donors (Lipinski definition) is 2. The number of hydrogen-bond acceptors (Lipinski definition) is 6. The summed E-state index contributed by atoms with van der Waals surface area (Å²) >= 11 is 0. The van der Waals surface area contributed by atoms with Gasteiger partial charge in [-0.1, -0.05) is 24.3 Å². The van der Waals surface area contributed by atoms with Crippen molar-refractivity contribution in [2.24, 2.45) is 0 Å². The van der Waals surface area contributed by atoms with E-state index >= 15 is 0 Å². The maximum atomic E-state index is 12.5. The number of ether oxygens (including phenoxy) is 1. The zero-order chi connectivity index (χ0) is 21.6. The summed E-state index contributed by atoms with van der Waals surface area (Å²) < 4.78 is 5.31. The van der Waals surface area contributed by atoms with Gasteiger partial charge in [0.05, 0.1) is 12.8 Å². The number of nitrogens with zero attached hydrogens (tertiary/aromatic N) is 4. The standard InChI is InChI=1S/C23H26N6O2/c1-17-8-9-20(31-2)19(14-17)26-23(30)27-21-15-22(25-16-24-21)29-12-10-28(11-13-29)18-6-4-3-5-7-18/h3-9,14-16H,10-13H2,1-2H3,(H2,24,25,26,27,30). The molecular weight excluding hydrogens is 392 g/mol. The molecule has 2 heterocycles. The number of amides is 2. The topological polar surface area (TPSA) is 82.6 Å². The summed E-state index contributed by atoms with van der Waals surface area (Å²) in [7, 11) is 1.57. The van der Waals surface area contributed by atoms with Crippen LogP contribution >= 0.6 is 0 Å². The Labute approximate surface area is 181 Å². The number of aromatic nitrogens is 2. The Morgan fingerprint density at radius 2 is 1.68 bits per heavy atom. The largest absolute Gasteiger partial charge is 0.495 e. The van der Waals surface area contributed by atoms with E-state index in [0.717, 1.165) is 37.6 Å². The second-order valence-electron chi connectivity index (χ2n) is 7.35. The molecule has 0 bridgehead atoms. The van der Waals surface area contributed by atoms with Crippen molar-refractivity contribution in [3.8, 4) is 5.75 Å². The van der Waals surface area contributed by atoms with Gasteiger partial charge in [0.1, 0.15) is 23.7 Å². The van der Waals surface area contributed by atoms with E-state index in [1.54, 1.807) is 13.2 Å². The predicted octanol–water partition coefficient (Wildman–Crippen LogP) is 3.76. The molecular formula is C23H26N6O2. The first-order valence-electron chi connectivity index (χ1n) is 10.2. The highest BCUT2D eigenvalue weighted by molar-refractivity contribution is 6.00. The van der Waals surface area contributed by atoms with Gasteiger partial charge in [0.25, 0.3) is 0 Å². The average Bonchev–Trinajstić information content (AvgIpc) is 2.80. The molecule has 0 radical (unpaired) electrons. The summed E-state index contributed by atoms with van der Waals surface area (Å²) in [6.07, 6.45) is 1.47. The maximum Gasteiger partial charge on any atom is 0.324 e. The van der Waals surface area contributed by atoms with Crippen molar-refractivity contribution in [1.82, 2.24) is 9.97 Å². The van der Waals surface area contributed by atoms with Gasteiger partial charge in [0.15, 0.2) is 0 Å². The van der Waals surface area contributed by atoms with Crippen LogP contribution in [-0.2, 0) is 0 Å². The summed E-state index contributed by atoms with van der Waals surface area (Å²) in [4.78, 5) is 25.6. The number of carbonyl (C=O) groups is 1. The van der Waals surface area contributed by atoms with Crippen molar-refractivity contribution in [3.05, 3.63) is 66.5 Å². The first kappa shape index (κ1) is 20.5. The number of anilines is 4. The number of urea groups is 1. The molecule has 0 unspecified atom stereocenters. The smallest absolute Gasteiger partial charge is 0.324 e. The van der Waals surface area contributed by atoms with E-state index in [2.05, 4.69) is 54.7 Å². The maximum absolute atomic E-state index is 12.5. The molecule has 8 nitrogen and oxygen atoms in total. The summed E-state index contributed by atoms with van der Waals surface area (Å²) in [5.74, 6) is 1.84. The molecule has 4 rings (SSSR count). The van der Waals surface area contributed by atoms with E-state index in [9.17, 15) is 4.79 Å². The van der Waals surface area contributed by atoms with Crippen LogP contribution in [0.5, 0.6) is 5.75 Å². The molecule has 0 aliphatic carbocycles. The third kappa shape index (κ3) is 5.03. The number of methoxy groups -OCH3 is 1. The lowest BCUT2D eigenvalue weighted by molar-refractivity contribution is 0.262. The molecule has 2 N–H and O–H groups in total. The zero-order valence-corrected chi connectivity index (χ0v) is 17.7. The molecule has 0 atom stereocenters. The summed E-state index contributed by atoms with van der Waals surface area (Å²) in [5, 5.41) is 5.60. The van der Waals surface area contributed by atoms with Crippen LogP contribution in [0.25, 0.3) is 0 Å². The van der Waals surface area contributed by atoms with E-state index in [0.29, 0.717) is 17.3 Å². The van der Waals surface area contributed by atoms with Crippen LogP contribution in [0.4, 0.5) is 27.8 Å². The molecule has 160 valence electrons.